The van der Waals surface area contributed by atoms with E-state index in [1.165, 1.54) is 25.9 Å². The highest BCUT2D eigenvalue weighted by molar-refractivity contribution is 5.92. The third kappa shape index (κ3) is 3.44. The molecule has 2 aromatic heterocycles. The molecule has 0 bridgehead atoms. The van der Waals surface area contributed by atoms with Crippen molar-refractivity contribution in [2.75, 3.05) is 19.6 Å². The molecule has 2 aliphatic heterocycles. The summed E-state index contributed by atoms with van der Waals surface area (Å²) in [7, 11) is 1.83. The van der Waals surface area contributed by atoms with Crippen LogP contribution in [0.3, 0.4) is 0 Å². The molecule has 1 amide bonds. The van der Waals surface area contributed by atoms with Crippen LogP contribution >= 0.6 is 0 Å². The van der Waals surface area contributed by atoms with Crippen LogP contribution in [-0.4, -0.2) is 50.1 Å². The fraction of sp³-hybridized carbons (Fsp3) is 0.526. The van der Waals surface area contributed by atoms with E-state index in [9.17, 15) is 4.79 Å². The van der Waals surface area contributed by atoms with Gasteiger partial charge in [-0.05, 0) is 57.0 Å². The van der Waals surface area contributed by atoms with Gasteiger partial charge in [0.15, 0.2) is 0 Å². The number of pyridine rings is 1. The lowest BCUT2D eigenvalue weighted by Gasteiger charge is -2.24. The zero-order valence-corrected chi connectivity index (χ0v) is 14.8. The lowest BCUT2D eigenvalue weighted by molar-refractivity contribution is 0.0726. The van der Waals surface area contributed by atoms with E-state index in [1.807, 2.05) is 18.1 Å². The molecule has 0 aromatic carbocycles. The van der Waals surface area contributed by atoms with Gasteiger partial charge in [-0.15, -0.1) is 0 Å². The van der Waals surface area contributed by atoms with E-state index in [2.05, 4.69) is 28.2 Å². The number of carbonyl (C=O) groups is 1. The SMILES string of the molecule is Cn1ccc(C(=O)N2CCC[C@@H]2c2cccc(CN3CCCC3)n2)n1. The number of rotatable bonds is 4. The van der Waals surface area contributed by atoms with E-state index in [-0.39, 0.29) is 11.9 Å². The van der Waals surface area contributed by atoms with Crippen LogP contribution in [0, 0.1) is 0 Å². The molecule has 1 atom stereocenters. The maximum atomic E-state index is 12.8. The fourth-order valence-electron chi connectivity index (χ4n) is 3.94. The molecular formula is C19H25N5O. The Morgan fingerprint density at radius 3 is 2.76 bits per heavy atom. The van der Waals surface area contributed by atoms with E-state index in [0.717, 1.165) is 37.3 Å². The minimum atomic E-state index is 0.00912. The number of likely N-dealkylation sites (tertiary alicyclic amines) is 2. The minimum Gasteiger partial charge on any atom is -0.329 e. The van der Waals surface area contributed by atoms with E-state index in [1.54, 1.807) is 10.7 Å². The number of hydrogen-bond donors (Lipinski definition) is 0. The third-order valence-electron chi connectivity index (χ3n) is 5.20. The van der Waals surface area contributed by atoms with Crippen LogP contribution in [0.25, 0.3) is 0 Å². The Morgan fingerprint density at radius 1 is 1.16 bits per heavy atom. The van der Waals surface area contributed by atoms with Gasteiger partial charge in [-0.25, -0.2) is 0 Å². The first-order valence-electron chi connectivity index (χ1n) is 9.19. The molecule has 2 aromatic rings. The first kappa shape index (κ1) is 16.3. The highest BCUT2D eigenvalue weighted by atomic mass is 16.2. The second-order valence-corrected chi connectivity index (χ2v) is 7.07. The second-order valence-electron chi connectivity index (χ2n) is 7.07. The van der Waals surface area contributed by atoms with Crippen molar-refractivity contribution in [3.63, 3.8) is 0 Å². The molecule has 0 N–H and O–H groups in total. The molecule has 25 heavy (non-hydrogen) atoms. The predicted octanol–water partition coefficient (Wildman–Crippen LogP) is 2.39. The summed E-state index contributed by atoms with van der Waals surface area (Å²) in [5.74, 6) is 0.00912. The van der Waals surface area contributed by atoms with Crippen LogP contribution in [0.1, 0.15) is 53.6 Å². The molecule has 2 aliphatic rings. The van der Waals surface area contributed by atoms with Gasteiger partial charge in [0.2, 0.25) is 0 Å². The molecule has 2 saturated heterocycles. The lowest BCUT2D eigenvalue weighted by Crippen LogP contribution is -2.31. The lowest BCUT2D eigenvalue weighted by atomic mass is 10.1. The van der Waals surface area contributed by atoms with Gasteiger partial charge in [0.05, 0.1) is 17.4 Å². The topological polar surface area (TPSA) is 54.3 Å². The second kappa shape index (κ2) is 6.96. The van der Waals surface area contributed by atoms with Gasteiger partial charge in [0, 0.05) is 26.3 Å². The third-order valence-corrected chi connectivity index (χ3v) is 5.20. The van der Waals surface area contributed by atoms with Gasteiger partial charge in [-0.3, -0.25) is 19.4 Å². The van der Waals surface area contributed by atoms with Crippen LogP contribution in [0.5, 0.6) is 0 Å². The minimum absolute atomic E-state index is 0.00912. The number of carbonyl (C=O) groups excluding carboxylic acids is 1. The van der Waals surface area contributed by atoms with Crippen LogP contribution < -0.4 is 0 Å². The summed E-state index contributed by atoms with van der Waals surface area (Å²) in [6.45, 7) is 4.02. The Balaban J connectivity index is 1.52. The Bertz CT molecular complexity index is 750. The summed E-state index contributed by atoms with van der Waals surface area (Å²) in [6.07, 6.45) is 6.37. The molecule has 6 heteroatoms. The zero-order valence-electron chi connectivity index (χ0n) is 14.8. The van der Waals surface area contributed by atoms with Crippen molar-refractivity contribution in [3.05, 3.63) is 47.5 Å². The maximum Gasteiger partial charge on any atom is 0.274 e. The highest BCUT2D eigenvalue weighted by Crippen LogP contribution is 2.32. The molecule has 2 fully saturated rings. The molecular weight excluding hydrogens is 314 g/mol. The van der Waals surface area contributed by atoms with Gasteiger partial charge in [0.25, 0.3) is 5.91 Å². The zero-order chi connectivity index (χ0) is 17.2. The average molecular weight is 339 g/mol. The first-order valence-corrected chi connectivity index (χ1v) is 9.19. The molecule has 0 radical (unpaired) electrons. The Labute approximate surface area is 148 Å². The summed E-state index contributed by atoms with van der Waals surface area (Å²) in [6, 6.07) is 8.09. The molecule has 0 unspecified atom stereocenters. The standard InChI is InChI=1S/C19H25N5O/c1-22-13-9-17(21-22)19(25)24-12-5-8-18(24)16-7-4-6-15(20-16)14-23-10-2-3-11-23/h4,6-7,9,13,18H,2-3,5,8,10-12,14H2,1H3/t18-/m1/s1. The molecule has 0 aliphatic carbocycles. The van der Waals surface area contributed by atoms with Gasteiger partial charge in [0.1, 0.15) is 5.69 Å². The van der Waals surface area contributed by atoms with Gasteiger partial charge < -0.3 is 4.90 Å². The smallest absolute Gasteiger partial charge is 0.274 e. The Kier molecular flexibility index (Phi) is 4.53. The van der Waals surface area contributed by atoms with Gasteiger partial charge in [-0.1, -0.05) is 6.07 Å². The maximum absolute atomic E-state index is 12.8. The molecule has 4 heterocycles. The number of aryl methyl sites for hydroxylation is 1. The van der Waals surface area contributed by atoms with E-state index in [0.29, 0.717) is 5.69 Å². The molecule has 0 spiro atoms. The summed E-state index contributed by atoms with van der Waals surface area (Å²) in [5, 5.41) is 4.27. The van der Waals surface area contributed by atoms with Gasteiger partial charge >= 0.3 is 0 Å². The quantitative estimate of drug-likeness (QED) is 0.858. The normalized spacial score (nSPS) is 21.2. The monoisotopic (exact) mass is 339 g/mol. The summed E-state index contributed by atoms with van der Waals surface area (Å²) < 4.78 is 1.67. The first-order chi connectivity index (χ1) is 12.2. The summed E-state index contributed by atoms with van der Waals surface area (Å²) in [5.41, 5.74) is 2.64. The summed E-state index contributed by atoms with van der Waals surface area (Å²) in [4.78, 5) is 22.1. The van der Waals surface area contributed by atoms with Crippen molar-refractivity contribution in [1.82, 2.24) is 24.6 Å². The van der Waals surface area contributed by atoms with Crippen LogP contribution in [0.15, 0.2) is 30.5 Å². The predicted molar refractivity (Wildman–Crippen MR) is 95.0 cm³/mol. The van der Waals surface area contributed by atoms with Gasteiger partial charge in [-0.2, -0.15) is 5.10 Å². The molecule has 4 rings (SSSR count). The number of amides is 1. The molecule has 0 saturated carbocycles. The van der Waals surface area contributed by atoms with Crippen molar-refractivity contribution < 1.29 is 4.79 Å². The fourth-order valence-corrected chi connectivity index (χ4v) is 3.94. The number of aromatic nitrogens is 3. The van der Waals surface area contributed by atoms with E-state index < -0.39 is 0 Å². The number of nitrogens with zero attached hydrogens (tertiary/aromatic N) is 5. The number of hydrogen-bond acceptors (Lipinski definition) is 4. The van der Waals surface area contributed by atoms with Crippen molar-refractivity contribution in [1.29, 1.82) is 0 Å². The van der Waals surface area contributed by atoms with Crippen molar-refractivity contribution >= 4 is 5.91 Å². The van der Waals surface area contributed by atoms with Crippen LogP contribution in [-0.2, 0) is 13.6 Å². The Hall–Kier alpha value is -2.21. The van der Waals surface area contributed by atoms with Crippen molar-refractivity contribution in [2.24, 2.45) is 7.05 Å². The summed E-state index contributed by atoms with van der Waals surface area (Å²) >= 11 is 0. The van der Waals surface area contributed by atoms with E-state index >= 15 is 0 Å². The Morgan fingerprint density at radius 2 is 2.00 bits per heavy atom. The largest absolute Gasteiger partial charge is 0.329 e. The van der Waals surface area contributed by atoms with Crippen molar-refractivity contribution in [2.45, 2.75) is 38.3 Å². The molecule has 132 valence electrons. The molecule has 6 nitrogen and oxygen atoms in total. The van der Waals surface area contributed by atoms with Crippen LogP contribution in [0.4, 0.5) is 0 Å². The average Bonchev–Trinajstić information content (AvgIpc) is 3.36. The van der Waals surface area contributed by atoms with Crippen molar-refractivity contribution in [3.8, 4) is 0 Å². The highest BCUT2D eigenvalue weighted by Gasteiger charge is 2.32. The van der Waals surface area contributed by atoms with Crippen LogP contribution in [0.2, 0.25) is 0 Å². The van der Waals surface area contributed by atoms with E-state index in [4.69, 9.17) is 4.98 Å².